The lowest BCUT2D eigenvalue weighted by atomic mass is 10.2. The van der Waals surface area contributed by atoms with Crippen LogP contribution in [0.25, 0.3) is 0 Å². The van der Waals surface area contributed by atoms with Crippen molar-refractivity contribution in [3.8, 4) is 0 Å². The highest BCUT2D eigenvalue weighted by molar-refractivity contribution is 7.76. The molecule has 0 bridgehead atoms. The van der Waals surface area contributed by atoms with E-state index in [-0.39, 0.29) is 0 Å². The van der Waals surface area contributed by atoms with Crippen LogP contribution in [-0.4, -0.2) is 52.2 Å². The smallest absolute Gasteiger partial charge is 0.109 e. The van der Waals surface area contributed by atoms with Crippen molar-refractivity contribution in [1.82, 2.24) is 39.9 Å². The minimum atomic E-state index is -0.672. The van der Waals surface area contributed by atoms with Crippen LogP contribution >= 0.6 is 15.8 Å². The van der Waals surface area contributed by atoms with Gasteiger partial charge in [0, 0.05) is 23.7 Å². The first-order chi connectivity index (χ1) is 17.1. The number of imidazole rings is 4. The SMILES string of the molecule is CC(C)c1ncc(P(CCP(c2cnc(C(C)C)[nH]2)c2cnc(C(C)C)[nH]2)c2cnc(C(C)C)[nH]2)[nH]1. The normalized spacial score (nSPS) is 12.5. The summed E-state index contributed by atoms with van der Waals surface area (Å²) in [7, 11) is -1.34. The lowest BCUT2D eigenvalue weighted by Crippen LogP contribution is -2.22. The predicted octanol–water partition coefficient (Wildman–Crippen LogP) is 4.64. The molecule has 0 atom stereocenters. The van der Waals surface area contributed by atoms with Gasteiger partial charge in [-0.25, -0.2) is 19.9 Å². The predicted molar refractivity (Wildman–Crippen MR) is 153 cm³/mol. The van der Waals surface area contributed by atoms with Gasteiger partial charge in [0.2, 0.25) is 0 Å². The van der Waals surface area contributed by atoms with E-state index in [0.717, 1.165) is 35.6 Å². The van der Waals surface area contributed by atoms with Gasteiger partial charge in [0.25, 0.3) is 0 Å². The quantitative estimate of drug-likeness (QED) is 0.213. The second-order valence-electron chi connectivity index (χ2n) is 10.5. The van der Waals surface area contributed by atoms with Gasteiger partial charge in [-0.3, -0.25) is 0 Å². The highest BCUT2D eigenvalue weighted by Gasteiger charge is 2.26. The van der Waals surface area contributed by atoms with E-state index in [0.29, 0.717) is 23.7 Å². The number of nitrogens with zero attached hydrogens (tertiary/aromatic N) is 4. The molecule has 0 saturated heterocycles. The van der Waals surface area contributed by atoms with Crippen molar-refractivity contribution in [2.24, 2.45) is 0 Å². The molecule has 4 N–H and O–H groups in total. The number of rotatable bonds is 11. The summed E-state index contributed by atoms with van der Waals surface area (Å²) >= 11 is 0. The second-order valence-corrected chi connectivity index (χ2v) is 15.1. The monoisotopic (exact) mass is 526 g/mol. The largest absolute Gasteiger partial charge is 0.342 e. The number of hydrogen-bond acceptors (Lipinski definition) is 4. The van der Waals surface area contributed by atoms with E-state index in [4.69, 9.17) is 19.9 Å². The van der Waals surface area contributed by atoms with Gasteiger partial charge in [0.15, 0.2) is 0 Å². The molecule has 0 unspecified atom stereocenters. The van der Waals surface area contributed by atoms with Crippen LogP contribution in [0, 0.1) is 0 Å². The summed E-state index contributed by atoms with van der Waals surface area (Å²) in [6.07, 6.45) is 10.1. The van der Waals surface area contributed by atoms with Crippen molar-refractivity contribution in [3.05, 3.63) is 48.1 Å². The number of aromatic nitrogens is 8. The van der Waals surface area contributed by atoms with Crippen LogP contribution in [0.15, 0.2) is 24.8 Å². The molecular formula is C26H40N8P2. The van der Waals surface area contributed by atoms with E-state index >= 15 is 0 Å². The topological polar surface area (TPSA) is 115 Å². The van der Waals surface area contributed by atoms with Crippen LogP contribution in [0.3, 0.4) is 0 Å². The lowest BCUT2D eigenvalue weighted by Gasteiger charge is -2.19. The molecule has 0 fully saturated rings. The molecule has 4 heterocycles. The molecular weight excluding hydrogens is 486 g/mol. The van der Waals surface area contributed by atoms with E-state index in [1.165, 1.54) is 21.7 Å². The molecule has 10 heteroatoms. The first-order valence-electron chi connectivity index (χ1n) is 12.9. The summed E-state index contributed by atoms with van der Waals surface area (Å²) in [5, 5.41) is 0. The Morgan fingerprint density at radius 3 is 0.861 bits per heavy atom. The van der Waals surface area contributed by atoms with Crippen molar-refractivity contribution in [1.29, 1.82) is 0 Å². The third-order valence-electron chi connectivity index (χ3n) is 6.23. The van der Waals surface area contributed by atoms with Gasteiger partial charge in [-0.15, -0.1) is 0 Å². The zero-order valence-electron chi connectivity index (χ0n) is 22.7. The molecule has 4 aromatic rings. The molecule has 0 aromatic carbocycles. The minimum absolute atomic E-state index is 0.361. The van der Waals surface area contributed by atoms with Crippen molar-refractivity contribution < 1.29 is 0 Å². The third kappa shape index (κ3) is 5.98. The molecule has 0 spiro atoms. The van der Waals surface area contributed by atoms with Gasteiger partial charge in [-0.2, -0.15) is 0 Å². The molecule has 36 heavy (non-hydrogen) atoms. The number of H-pyrrole nitrogens is 4. The Morgan fingerprint density at radius 1 is 0.472 bits per heavy atom. The van der Waals surface area contributed by atoms with Crippen LogP contribution in [0.5, 0.6) is 0 Å². The van der Waals surface area contributed by atoms with Crippen LogP contribution in [-0.2, 0) is 0 Å². The Morgan fingerprint density at radius 2 is 0.694 bits per heavy atom. The van der Waals surface area contributed by atoms with Gasteiger partial charge in [-0.1, -0.05) is 55.4 Å². The molecule has 0 saturated carbocycles. The molecule has 4 rings (SSSR count). The molecule has 0 aliphatic carbocycles. The van der Waals surface area contributed by atoms with E-state index in [1.54, 1.807) is 0 Å². The Bertz CT molecular complexity index is 1060. The molecule has 0 amide bonds. The van der Waals surface area contributed by atoms with Gasteiger partial charge in [0.1, 0.15) is 23.3 Å². The number of nitrogens with one attached hydrogen (secondary N) is 4. The fourth-order valence-electron chi connectivity index (χ4n) is 3.97. The summed E-state index contributed by atoms with van der Waals surface area (Å²) in [6, 6.07) is 0. The average Bonchev–Trinajstić information content (AvgIpc) is 3.62. The van der Waals surface area contributed by atoms with E-state index < -0.39 is 15.8 Å². The van der Waals surface area contributed by atoms with E-state index in [9.17, 15) is 0 Å². The summed E-state index contributed by atoms with van der Waals surface area (Å²) < 4.78 is 0. The van der Waals surface area contributed by atoms with Crippen molar-refractivity contribution in [2.45, 2.75) is 79.1 Å². The molecule has 0 radical (unpaired) electrons. The van der Waals surface area contributed by atoms with Crippen molar-refractivity contribution in [2.75, 3.05) is 12.3 Å². The standard InChI is InChI=1S/C26H40N8P2/c1-15(2)23-27-11-19(31-23)35(20-12-28-24(32-20)16(3)4)9-10-36(21-13-29-25(33-21)17(5)6)22-14-30-26(34-22)18(7)8/h11-18H,9-10H2,1-8H3,(H,27,31)(H,28,32)(H,29,33)(H,30,34). The van der Waals surface area contributed by atoms with E-state index in [2.05, 4.69) is 75.3 Å². The fraction of sp³-hybridized carbons (Fsp3) is 0.538. The molecule has 8 nitrogen and oxygen atoms in total. The zero-order chi connectivity index (χ0) is 26.0. The Hall–Kier alpha value is -2.30. The van der Waals surface area contributed by atoms with Gasteiger partial charge < -0.3 is 19.9 Å². The van der Waals surface area contributed by atoms with Crippen LogP contribution in [0.4, 0.5) is 0 Å². The first-order valence-corrected chi connectivity index (χ1v) is 15.9. The Labute approximate surface area is 216 Å². The average molecular weight is 527 g/mol. The highest BCUT2D eigenvalue weighted by Crippen LogP contribution is 2.40. The molecule has 0 aliphatic rings. The summed E-state index contributed by atoms with van der Waals surface area (Å²) in [5.41, 5.74) is 4.79. The Balaban J connectivity index is 1.67. The maximum Gasteiger partial charge on any atom is 0.109 e. The lowest BCUT2D eigenvalue weighted by molar-refractivity contribution is 0.795. The number of hydrogen-bond donors (Lipinski definition) is 4. The highest BCUT2D eigenvalue weighted by atomic mass is 31.1. The minimum Gasteiger partial charge on any atom is -0.342 e. The second kappa shape index (κ2) is 11.4. The first kappa shape index (κ1) is 26.8. The summed E-state index contributed by atoms with van der Waals surface area (Å²) in [5.74, 6) is 5.59. The van der Waals surface area contributed by atoms with E-state index in [1.807, 2.05) is 24.8 Å². The maximum atomic E-state index is 4.69. The Kier molecular flexibility index (Phi) is 8.47. The molecule has 4 aromatic heterocycles. The van der Waals surface area contributed by atoms with Crippen molar-refractivity contribution in [3.63, 3.8) is 0 Å². The van der Waals surface area contributed by atoms with Crippen LogP contribution in [0.2, 0.25) is 0 Å². The number of aromatic amines is 4. The van der Waals surface area contributed by atoms with Gasteiger partial charge in [0.05, 0.1) is 46.5 Å². The van der Waals surface area contributed by atoms with Gasteiger partial charge in [-0.05, 0) is 28.2 Å². The van der Waals surface area contributed by atoms with Crippen LogP contribution in [0.1, 0.15) is 102 Å². The summed E-state index contributed by atoms with van der Waals surface area (Å²) in [6.45, 7) is 17.4. The fourth-order valence-corrected chi connectivity index (χ4v) is 8.84. The van der Waals surface area contributed by atoms with Gasteiger partial charge >= 0.3 is 0 Å². The summed E-state index contributed by atoms with van der Waals surface area (Å²) in [4.78, 5) is 33.3. The maximum absolute atomic E-state index is 4.69. The third-order valence-corrected chi connectivity index (χ3v) is 11.2. The van der Waals surface area contributed by atoms with Crippen molar-refractivity contribution >= 4 is 37.6 Å². The zero-order valence-corrected chi connectivity index (χ0v) is 24.5. The van der Waals surface area contributed by atoms with Crippen LogP contribution < -0.4 is 21.7 Å². The molecule has 0 aliphatic heterocycles. The molecule has 194 valence electrons.